The topological polar surface area (TPSA) is 74.2 Å². The van der Waals surface area contributed by atoms with Crippen molar-refractivity contribution in [3.8, 4) is 11.8 Å². The number of benzene rings is 1. The molecule has 2 N–H and O–H groups in total. The van der Waals surface area contributed by atoms with Crippen LogP contribution in [0.15, 0.2) is 18.2 Å². The molecule has 0 aliphatic heterocycles. The molecule has 1 aromatic rings. The second kappa shape index (κ2) is 8.93. The van der Waals surface area contributed by atoms with Gasteiger partial charge in [-0.2, -0.15) is 5.26 Å². The van der Waals surface area contributed by atoms with Crippen LogP contribution in [0, 0.1) is 17.1 Å². The molecule has 0 aliphatic rings. The molecule has 0 bridgehead atoms. The fourth-order valence-electron chi connectivity index (χ4n) is 1.82. The average molecular weight is 293 g/mol. The molecule has 5 nitrogen and oxygen atoms in total. The highest BCUT2D eigenvalue weighted by Gasteiger charge is 2.11. The smallest absolute Gasteiger partial charge is 0.257 e. The van der Waals surface area contributed by atoms with Crippen LogP contribution in [-0.2, 0) is 4.79 Å². The Hall–Kier alpha value is -2.13. The molecule has 114 valence electrons. The number of nitrogens with one attached hydrogen (secondary N) is 2. The van der Waals surface area contributed by atoms with E-state index in [1.165, 1.54) is 6.07 Å². The molecule has 0 fully saturated rings. The number of ether oxygens (including phenoxy) is 1. The van der Waals surface area contributed by atoms with Crippen LogP contribution in [0.4, 0.5) is 4.39 Å². The first-order chi connectivity index (χ1) is 10.1. The van der Waals surface area contributed by atoms with Crippen LogP contribution < -0.4 is 15.4 Å². The Labute approximate surface area is 124 Å². The van der Waals surface area contributed by atoms with Gasteiger partial charge >= 0.3 is 0 Å². The van der Waals surface area contributed by atoms with E-state index in [4.69, 9.17) is 10.00 Å². The zero-order chi connectivity index (χ0) is 15.7. The van der Waals surface area contributed by atoms with Crippen LogP contribution in [0.3, 0.4) is 0 Å². The lowest BCUT2D eigenvalue weighted by atomic mass is 10.1. The lowest BCUT2D eigenvalue weighted by Gasteiger charge is -2.14. The molecule has 0 aromatic heterocycles. The molecule has 21 heavy (non-hydrogen) atoms. The van der Waals surface area contributed by atoms with Crippen molar-refractivity contribution in [1.82, 2.24) is 10.6 Å². The van der Waals surface area contributed by atoms with Gasteiger partial charge in [-0.3, -0.25) is 4.79 Å². The van der Waals surface area contributed by atoms with E-state index in [0.29, 0.717) is 11.3 Å². The predicted octanol–water partition coefficient (Wildman–Crippen LogP) is 1.90. The van der Waals surface area contributed by atoms with Crippen LogP contribution in [0.2, 0.25) is 0 Å². The largest absolute Gasteiger partial charge is 0.484 e. The summed E-state index contributed by atoms with van der Waals surface area (Å²) in [5, 5.41) is 14.0. The van der Waals surface area contributed by atoms with Gasteiger partial charge in [0.2, 0.25) is 0 Å². The number of amides is 1. The summed E-state index contributed by atoms with van der Waals surface area (Å²) in [6.07, 6.45) is 0.247. The Kier molecular flexibility index (Phi) is 7.19. The number of nitriles is 1. The SMILES string of the molecule is CCNC(C)c1ccc(OCC(=O)NCCC#N)cc1F. The summed E-state index contributed by atoms with van der Waals surface area (Å²) in [7, 11) is 0. The van der Waals surface area contributed by atoms with Crippen molar-refractivity contribution in [3.63, 3.8) is 0 Å². The van der Waals surface area contributed by atoms with Gasteiger partial charge in [-0.1, -0.05) is 13.0 Å². The van der Waals surface area contributed by atoms with Gasteiger partial charge in [-0.25, -0.2) is 4.39 Å². The van der Waals surface area contributed by atoms with Crippen molar-refractivity contribution in [2.75, 3.05) is 19.7 Å². The third-order valence-corrected chi connectivity index (χ3v) is 2.88. The summed E-state index contributed by atoms with van der Waals surface area (Å²) >= 11 is 0. The Morgan fingerprint density at radius 2 is 2.29 bits per heavy atom. The quantitative estimate of drug-likeness (QED) is 0.718. The maximum absolute atomic E-state index is 13.9. The van der Waals surface area contributed by atoms with Gasteiger partial charge in [-0.15, -0.1) is 0 Å². The number of hydrogen-bond acceptors (Lipinski definition) is 4. The van der Waals surface area contributed by atoms with Gasteiger partial charge in [0.25, 0.3) is 5.91 Å². The van der Waals surface area contributed by atoms with E-state index in [9.17, 15) is 9.18 Å². The van der Waals surface area contributed by atoms with Crippen molar-refractivity contribution >= 4 is 5.91 Å². The monoisotopic (exact) mass is 293 g/mol. The molecule has 1 unspecified atom stereocenters. The van der Waals surface area contributed by atoms with Crippen molar-refractivity contribution < 1.29 is 13.9 Å². The summed E-state index contributed by atoms with van der Waals surface area (Å²) in [5.41, 5.74) is 0.558. The van der Waals surface area contributed by atoms with E-state index in [1.807, 2.05) is 19.9 Å². The van der Waals surface area contributed by atoms with E-state index < -0.39 is 0 Å². The summed E-state index contributed by atoms with van der Waals surface area (Å²) in [6, 6.07) is 6.38. The second-order valence-corrected chi connectivity index (χ2v) is 4.51. The predicted molar refractivity (Wildman–Crippen MR) is 77.2 cm³/mol. The first-order valence-electron chi connectivity index (χ1n) is 6.87. The molecular formula is C15H20FN3O2. The second-order valence-electron chi connectivity index (χ2n) is 4.51. The summed E-state index contributed by atoms with van der Waals surface area (Å²) in [5.74, 6) is -0.406. The third-order valence-electron chi connectivity index (χ3n) is 2.88. The summed E-state index contributed by atoms with van der Waals surface area (Å²) in [4.78, 5) is 11.4. The van der Waals surface area contributed by atoms with E-state index in [-0.39, 0.29) is 37.3 Å². The molecule has 1 aromatic carbocycles. The molecule has 1 rings (SSSR count). The highest BCUT2D eigenvalue weighted by molar-refractivity contribution is 5.77. The number of rotatable bonds is 8. The Balaban J connectivity index is 2.52. The number of nitrogens with zero attached hydrogens (tertiary/aromatic N) is 1. The molecule has 0 spiro atoms. The molecule has 0 radical (unpaired) electrons. The first-order valence-corrected chi connectivity index (χ1v) is 6.87. The van der Waals surface area contributed by atoms with E-state index in [2.05, 4.69) is 10.6 Å². The van der Waals surface area contributed by atoms with Gasteiger partial charge in [0.15, 0.2) is 6.61 Å². The van der Waals surface area contributed by atoms with Crippen molar-refractivity contribution in [2.45, 2.75) is 26.3 Å². The van der Waals surface area contributed by atoms with Gasteiger partial charge in [0.1, 0.15) is 11.6 Å². The fourth-order valence-corrected chi connectivity index (χ4v) is 1.82. The lowest BCUT2D eigenvalue weighted by molar-refractivity contribution is -0.123. The minimum absolute atomic E-state index is 0.0849. The molecule has 6 heteroatoms. The van der Waals surface area contributed by atoms with Crippen molar-refractivity contribution in [2.24, 2.45) is 0 Å². The van der Waals surface area contributed by atoms with Crippen LogP contribution in [0.1, 0.15) is 31.9 Å². The molecule has 0 heterocycles. The van der Waals surface area contributed by atoms with E-state index in [1.54, 1.807) is 12.1 Å². The number of carbonyl (C=O) groups excluding carboxylic acids is 1. The van der Waals surface area contributed by atoms with Gasteiger partial charge < -0.3 is 15.4 Å². The van der Waals surface area contributed by atoms with Crippen LogP contribution in [0.5, 0.6) is 5.75 Å². The minimum Gasteiger partial charge on any atom is -0.484 e. The third kappa shape index (κ3) is 5.79. The van der Waals surface area contributed by atoms with Crippen LogP contribution in [-0.4, -0.2) is 25.6 Å². The zero-order valence-corrected chi connectivity index (χ0v) is 12.3. The Bertz CT molecular complexity index is 514. The average Bonchev–Trinajstić information content (AvgIpc) is 2.45. The maximum Gasteiger partial charge on any atom is 0.257 e. The molecule has 0 saturated carbocycles. The number of halogens is 1. The molecule has 1 atom stereocenters. The van der Waals surface area contributed by atoms with Gasteiger partial charge in [0, 0.05) is 24.2 Å². The summed E-state index contributed by atoms with van der Waals surface area (Å²) < 4.78 is 19.2. The van der Waals surface area contributed by atoms with E-state index >= 15 is 0 Å². The fraction of sp³-hybridized carbons (Fsp3) is 0.467. The van der Waals surface area contributed by atoms with E-state index in [0.717, 1.165) is 6.54 Å². The number of carbonyl (C=O) groups is 1. The first kappa shape index (κ1) is 16.9. The minimum atomic E-state index is -0.370. The molecule has 0 saturated heterocycles. The highest BCUT2D eigenvalue weighted by Crippen LogP contribution is 2.21. The van der Waals surface area contributed by atoms with Crippen molar-refractivity contribution in [1.29, 1.82) is 5.26 Å². The lowest BCUT2D eigenvalue weighted by Crippen LogP contribution is -2.29. The molecule has 0 aliphatic carbocycles. The highest BCUT2D eigenvalue weighted by atomic mass is 19.1. The number of hydrogen-bond donors (Lipinski definition) is 2. The summed E-state index contributed by atoms with van der Waals surface area (Å²) in [6.45, 7) is 4.67. The normalized spacial score (nSPS) is 11.5. The standard InChI is InChI=1S/C15H20FN3O2/c1-3-18-11(2)13-6-5-12(9-14(13)16)21-10-15(20)19-8-4-7-17/h5-6,9,11,18H,3-4,8,10H2,1-2H3,(H,19,20). The Morgan fingerprint density at radius 3 is 2.90 bits per heavy atom. The zero-order valence-electron chi connectivity index (χ0n) is 12.3. The molecular weight excluding hydrogens is 273 g/mol. The van der Waals surface area contributed by atoms with Gasteiger partial charge in [-0.05, 0) is 19.5 Å². The molecule has 1 amide bonds. The van der Waals surface area contributed by atoms with Crippen LogP contribution >= 0.6 is 0 Å². The maximum atomic E-state index is 13.9. The van der Waals surface area contributed by atoms with Crippen LogP contribution in [0.25, 0.3) is 0 Å². The van der Waals surface area contributed by atoms with Crippen molar-refractivity contribution in [3.05, 3.63) is 29.6 Å². The Morgan fingerprint density at radius 1 is 1.52 bits per heavy atom. The van der Waals surface area contributed by atoms with Gasteiger partial charge in [0.05, 0.1) is 12.5 Å².